The maximum Gasteiger partial charge on any atom is 0.408 e. The average Bonchev–Trinajstić information content (AvgIpc) is 2.69. The van der Waals surface area contributed by atoms with E-state index in [1.165, 1.54) is 17.0 Å². The van der Waals surface area contributed by atoms with Gasteiger partial charge in [0.25, 0.3) is 0 Å². The van der Waals surface area contributed by atoms with Gasteiger partial charge in [0.2, 0.25) is 11.8 Å². The molecule has 8 nitrogen and oxygen atoms in total. The molecule has 0 fully saturated rings. The van der Waals surface area contributed by atoms with E-state index in [1.54, 1.807) is 32.9 Å². The fraction of sp³-hybridized carbons (Fsp3) is 0.679. The Morgan fingerprint density at radius 3 is 1.97 bits per heavy atom. The van der Waals surface area contributed by atoms with Crippen molar-refractivity contribution in [2.45, 2.75) is 118 Å². The van der Waals surface area contributed by atoms with Gasteiger partial charge in [-0.25, -0.2) is 4.79 Å². The van der Waals surface area contributed by atoms with Gasteiger partial charge in [0.05, 0.1) is 0 Å². The molecule has 0 bridgehead atoms. The molecule has 8 heteroatoms. The zero-order chi connectivity index (χ0) is 27.8. The fourth-order valence-corrected chi connectivity index (χ4v) is 4.06. The second-order valence-corrected chi connectivity index (χ2v) is 11.9. The van der Waals surface area contributed by atoms with Crippen molar-refractivity contribution in [1.29, 1.82) is 0 Å². The fourth-order valence-electron chi connectivity index (χ4n) is 4.06. The summed E-state index contributed by atoms with van der Waals surface area (Å²) >= 11 is 0. The lowest BCUT2D eigenvalue weighted by Gasteiger charge is -2.43. The molecule has 1 aromatic carbocycles. The van der Waals surface area contributed by atoms with Crippen molar-refractivity contribution in [2.24, 2.45) is 5.92 Å². The lowest BCUT2D eigenvalue weighted by molar-refractivity contribution is -0.149. The third-order valence-electron chi connectivity index (χ3n) is 5.48. The number of alkyl carbamates (subject to hydrolysis) is 1. The van der Waals surface area contributed by atoms with E-state index < -0.39 is 29.3 Å². The van der Waals surface area contributed by atoms with Gasteiger partial charge in [-0.2, -0.15) is 0 Å². The second kappa shape index (κ2) is 13.0. The van der Waals surface area contributed by atoms with Crippen molar-refractivity contribution in [3.05, 3.63) is 29.8 Å². The van der Waals surface area contributed by atoms with E-state index in [0.29, 0.717) is 12.0 Å². The molecule has 0 heterocycles. The number of rotatable bonds is 10. The molecule has 0 aliphatic rings. The van der Waals surface area contributed by atoms with Crippen molar-refractivity contribution >= 4 is 17.9 Å². The summed E-state index contributed by atoms with van der Waals surface area (Å²) in [6, 6.07) is 4.36. The Bertz CT molecular complexity index is 869. The van der Waals surface area contributed by atoms with Crippen molar-refractivity contribution in [3.8, 4) is 5.75 Å². The molecule has 0 aromatic heterocycles. The van der Waals surface area contributed by atoms with Gasteiger partial charge >= 0.3 is 6.09 Å². The number of carbonyl (C=O) groups is 3. The van der Waals surface area contributed by atoms with Crippen LogP contribution in [0.3, 0.4) is 0 Å². The van der Waals surface area contributed by atoms with Crippen LogP contribution in [0.15, 0.2) is 24.3 Å². The van der Waals surface area contributed by atoms with Gasteiger partial charge in [-0.1, -0.05) is 39.3 Å². The Balaban J connectivity index is 3.54. The third kappa shape index (κ3) is 10.1. The number of carbonyl (C=O) groups excluding carboxylic acids is 3. The molecule has 36 heavy (non-hydrogen) atoms. The number of amides is 3. The first-order chi connectivity index (χ1) is 16.5. The largest absolute Gasteiger partial charge is 0.508 e. The number of phenols is 1. The van der Waals surface area contributed by atoms with E-state index in [9.17, 15) is 19.5 Å². The molecular weight excluding hydrogens is 458 g/mol. The van der Waals surface area contributed by atoms with Gasteiger partial charge in [-0.05, 0) is 84.9 Å². The first kappa shape index (κ1) is 31.3. The summed E-state index contributed by atoms with van der Waals surface area (Å²) in [6.45, 7) is 18.8. The molecule has 0 saturated carbocycles. The number of hydrogen-bond acceptors (Lipinski definition) is 5. The first-order valence-corrected chi connectivity index (χ1v) is 12.9. The second-order valence-electron chi connectivity index (χ2n) is 11.9. The minimum absolute atomic E-state index is 0.0650. The van der Waals surface area contributed by atoms with Gasteiger partial charge in [-0.3, -0.25) is 9.59 Å². The quantitative estimate of drug-likeness (QED) is 0.400. The van der Waals surface area contributed by atoms with Crippen LogP contribution in [0, 0.1) is 5.92 Å². The molecule has 0 spiro atoms. The number of hydrogen-bond donors (Lipinski definition) is 3. The topological polar surface area (TPSA) is 108 Å². The molecule has 1 rings (SSSR count). The Hall–Kier alpha value is -2.77. The highest BCUT2D eigenvalue weighted by molar-refractivity contribution is 5.92. The highest BCUT2D eigenvalue weighted by Crippen LogP contribution is 2.32. The summed E-state index contributed by atoms with van der Waals surface area (Å²) in [6.07, 6.45) is 1.40. The summed E-state index contributed by atoms with van der Waals surface area (Å²) in [5.74, 6) is -0.527. The number of nitrogens with zero attached hydrogens (tertiary/aromatic N) is 1. The number of phenolic OH excluding ortho intramolecular Hbond substituents is 1. The lowest BCUT2D eigenvalue weighted by Crippen LogP contribution is -2.59. The zero-order valence-electron chi connectivity index (χ0n) is 23.8. The van der Waals surface area contributed by atoms with Crippen LogP contribution in [0.1, 0.15) is 100 Å². The number of benzene rings is 1. The van der Waals surface area contributed by atoms with Crippen molar-refractivity contribution in [3.63, 3.8) is 0 Å². The maximum absolute atomic E-state index is 14.2. The van der Waals surface area contributed by atoms with Crippen LogP contribution in [0.5, 0.6) is 5.75 Å². The van der Waals surface area contributed by atoms with E-state index in [1.807, 2.05) is 48.5 Å². The van der Waals surface area contributed by atoms with Gasteiger partial charge in [-0.15, -0.1) is 0 Å². The van der Waals surface area contributed by atoms with E-state index >= 15 is 0 Å². The Kier molecular flexibility index (Phi) is 11.3. The van der Waals surface area contributed by atoms with Crippen LogP contribution in [0.2, 0.25) is 0 Å². The highest BCUT2D eigenvalue weighted by Gasteiger charge is 2.42. The SMILES string of the molecule is CCCC(C)NC(=O)C(c1ccc(O)cc1)N(C(=O)C(CC(C)C)NC(=O)OC(C)(C)C)C(C)(C)C. The molecular formula is C28H47N3O5. The third-order valence-corrected chi connectivity index (χ3v) is 5.48. The minimum Gasteiger partial charge on any atom is -0.508 e. The van der Waals surface area contributed by atoms with Crippen molar-refractivity contribution in [1.82, 2.24) is 15.5 Å². The summed E-state index contributed by atoms with van der Waals surface area (Å²) in [4.78, 5) is 42.0. The normalized spacial score (nSPS) is 14.5. The van der Waals surface area contributed by atoms with Gasteiger partial charge in [0, 0.05) is 11.6 Å². The summed E-state index contributed by atoms with van der Waals surface area (Å²) in [5.41, 5.74) is -0.920. The predicted octanol–water partition coefficient (Wildman–Crippen LogP) is 5.30. The van der Waals surface area contributed by atoms with Crippen molar-refractivity contribution in [2.75, 3.05) is 0 Å². The molecule has 3 atom stereocenters. The summed E-state index contributed by atoms with van der Waals surface area (Å²) < 4.78 is 5.42. The monoisotopic (exact) mass is 505 g/mol. The standard InChI is InChI=1S/C28H47N3O5/c1-11-12-19(4)29-24(33)23(20-13-15-21(32)16-14-20)31(27(5,6)7)25(34)22(17-18(2)3)30-26(35)36-28(8,9)10/h13-16,18-19,22-23,32H,11-12,17H2,1-10H3,(H,29,33)(H,30,35). The van der Waals surface area contributed by atoms with Gasteiger partial charge in [0.15, 0.2) is 0 Å². The van der Waals surface area contributed by atoms with Crippen LogP contribution >= 0.6 is 0 Å². The van der Waals surface area contributed by atoms with Gasteiger partial charge in [0.1, 0.15) is 23.4 Å². The van der Waals surface area contributed by atoms with Gasteiger partial charge < -0.3 is 25.4 Å². The molecule has 0 aliphatic carbocycles. The zero-order valence-corrected chi connectivity index (χ0v) is 23.8. The lowest BCUT2D eigenvalue weighted by atomic mass is 9.93. The smallest absolute Gasteiger partial charge is 0.408 e. The summed E-state index contributed by atoms with van der Waals surface area (Å²) in [5, 5.41) is 15.6. The Morgan fingerprint density at radius 1 is 0.972 bits per heavy atom. The summed E-state index contributed by atoms with van der Waals surface area (Å²) in [7, 11) is 0. The average molecular weight is 506 g/mol. The van der Waals surface area contributed by atoms with E-state index in [0.717, 1.165) is 12.8 Å². The van der Waals surface area contributed by atoms with Crippen LogP contribution in [0.4, 0.5) is 4.79 Å². The molecule has 0 aliphatic heterocycles. The van der Waals surface area contributed by atoms with Crippen molar-refractivity contribution < 1.29 is 24.2 Å². The molecule has 3 N–H and O–H groups in total. The number of ether oxygens (including phenoxy) is 1. The Labute approximate surface area is 217 Å². The van der Waals surface area contributed by atoms with Crippen LogP contribution in [-0.4, -0.2) is 51.1 Å². The van der Waals surface area contributed by atoms with E-state index in [2.05, 4.69) is 10.6 Å². The van der Waals surface area contributed by atoms with Crippen LogP contribution < -0.4 is 10.6 Å². The molecule has 0 saturated heterocycles. The minimum atomic E-state index is -0.965. The Morgan fingerprint density at radius 2 is 1.53 bits per heavy atom. The molecule has 204 valence electrons. The molecule has 1 aromatic rings. The van der Waals surface area contributed by atoms with Crippen LogP contribution in [-0.2, 0) is 14.3 Å². The molecule has 3 unspecified atom stereocenters. The number of aromatic hydroxyl groups is 1. The number of nitrogens with one attached hydrogen (secondary N) is 2. The molecule has 0 radical (unpaired) electrons. The van der Waals surface area contributed by atoms with E-state index in [-0.39, 0.29) is 29.5 Å². The van der Waals surface area contributed by atoms with Crippen LogP contribution in [0.25, 0.3) is 0 Å². The first-order valence-electron chi connectivity index (χ1n) is 12.9. The highest BCUT2D eigenvalue weighted by atomic mass is 16.6. The van der Waals surface area contributed by atoms with E-state index in [4.69, 9.17) is 4.74 Å². The molecule has 3 amide bonds. The maximum atomic E-state index is 14.2. The predicted molar refractivity (Wildman–Crippen MR) is 143 cm³/mol.